The maximum Gasteiger partial charge on any atom is 0.312 e. The van der Waals surface area contributed by atoms with Crippen molar-refractivity contribution in [1.29, 1.82) is 0 Å². The molecule has 148 heavy (non-hydrogen) atoms. The van der Waals surface area contributed by atoms with Crippen LogP contribution in [0.4, 0.5) is 0 Å². The van der Waals surface area contributed by atoms with Crippen molar-refractivity contribution in [3.8, 4) is 0 Å². The van der Waals surface area contributed by atoms with Crippen LogP contribution in [0.3, 0.4) is 0 Å². The predicted octanol–water partition coefficient (Wildman–Crippen LogP) is 12.3. The van der Waals surface area contributed by atoms with Gasteiger partial charge in [-0.15, -0.1) is 0 Å². The highest BCUT2D eigenvalue weighted by atomic mass is 32.2. The molecule has 10 unspecified atom stereocenters. The summed E-state index contributed by atoms with van der Waals surface area (Å²) < 4.78 is 141. The Bertz CT molecular complexity index is 5900. The molecule has 6 amide bonds. The van der Waals surface area contributed by atoms with Gasteiger partial charge in [0, 0.05) is 56.9 Å². The molecule has 3 aliphatic heterocycles. The van der Waals surface area contributed by atoms with Crippen molar-refractivity contribution < 1.29 is 168 Å². The lowest BCUT2D eigenvalue weighted by atomic mass is 9.62. The average Bonchev–Trinajstić information content (AvgIpc) is 1.66. The molecule has 0 N–H and O–H groups in total. The lowest BCUT2D eigenvalue weighted by Crippen LogP contribution is -2.47. The Hall–Kier alpha value is -11.5. The van der Waals surface area contributed by atoms with Gasteiger partial charge < -0.3 is 61.7 Å². The van der Waals surface area contributed by atoms with Crippen LogP contribution < -0.4 is 0 Å². The van der Waals surface area contributed by atoms with Crippen LogP contribution in [0.15, 0.2) is 87.5 Å². The van der Waals surface area contributed by atoms with E-state index >= 15 is 0 Å². The van der Waals surface area contributed by atoms with E-state index in [4.69, 9.17) is 52.1 Å². The first kappa shape index (κ1) is 122. The monoisotopic (exact) mass is 2130 g/mol. The maximum atomic E-state index is 14.5. The summed E-state index contributed by atoms with van der Waals surface area (Å²) in [6, 6.07) is 16.5. The third kappa shape index (κ3) is 28.6. The summed E-state index contributed by atoms with van der Waals surface area (Å²) in [5, 5.41) is 0. The van der Waals surface area contributed by atoms with Crippen molar-refractivity contribution in [3.05, 3.63) is 89.5 Å². The minimum Gasteiger partial charge on any atom is -0.469 e. The first-order valence-corrected chi connectivity index (χ1v) is 54.0. The molecule has 3 heterocycles. The molecule has 820 valence electrons. The Morgan fingerprint density at radius 1 is 0.358 bits per heavy atom. The number of fused-ring (bicyclic) bond motifs is 7. The number of amides is 6. The highest BCUT2D eigenvalue weighted by Gasteiger charge is 2.61. The number of carbonyl (C=O) groups excluding carboxylic acids is 18. The van der Waals surface area contributed by atoms with Gasteiger partial charge in [-0.3, -0.25) is 86.3 Å². The molecule has 0 radical (unpaired) electrons. The summed E-state index contributed by atoms with van der Waals surface area (Å²) in [5.41, 5.74) is -9.97. The fraction of sp³-hybridized carbons (Fsp3) is 0.657. The SMILES string of the molecule is COC(=O)C(C)(CC(C)(C)C(=O)OCCOC(=O)CCCC(=O)N1C(=O)c2ccccc2S1(=O)=O)CC(C)(C)C(=O)OC1CC2CCC1C2(C)C.COC(=O)C(C)(CC(C)(C)C(=O)OCCOC(=O)CCCC(=O)N1C(=O)c2ccccc2S1(=O)=O)CC(C)(CC(C)(C)C(=O)OCCN(C)C)C(=O)OC1CC2CCC1C2(C)C.COC(=O)C(C)CC(C)(C)C(=O)OCCOC(=O)CCCC(=O)N1C(=O)c2ccccc2S1(=O)=O. The summed E-state index contributed by atoms with van der Waals surface area (Å²) in [6.45, 7) is 31.0. The van der Waals surface area contributed by atoms with Gasteiger partial charge in [-0.1, -0.05) is 71.0 Å². The molecular formula is C105H146N4O36S3. The van der Waals surface area contributed by atoms with E-state index in [0.29, 0.717) is 24.3 Å². The van der Waals surface area contributed by atoms with E-state index in [9.17, 15) is 112 Å². The Morgan fingerprint density at radius 2 is 0.635 bits per heavy atom. The Morgan fingerprint density at radius 3 is 0.919 bits per heavy atom. The van der Waals surface area contributed by atoms with Gasteiger partial charge in [0.05, 0.1) is 87.3 Å². The number of nitrogens with zero attached hydrogens (tertiary/aromatic N) is 4. The largest absolute Gasteiger partial charge is 0.469 e. The predicted molar refractivity (Wildman–Crippen MR) is 526 cm³/mol. The third-order valence-corrected chi connectivity index (χ3v) is 34.5. The van der Waals surface area contributed by atoms with E-state index in [2.05, 4.69) is 32.4 Å². The molecule has 0 spiro atoms. The molecule has 10 rings (SSSR count). The van der Waals surface area contributed by atoms with Gasteiger partial charge in [0.25, 0.3) is 47.8 Å². The Balaban J connectivity index is 0.000000281. The number of carbonyl (C=O) groups is 18. The van der Waals surface area contributed by atoms with Gasteiger partial charge in [-0.25, -0.2) is 25.3 Å². The van der Waals surface area contributed by atoms with Crippen LogP contribution in [0.25, 0.3) is 0 Å². The lowest BCUT2D eigenvalue weighted by molar-refractivity contribution is -0.176. The summed E-state index contributed by atoms with van der Waals surface area (Å²) in [5.74, 6) is -11.9. The molecule has 40 nitrogen and oxygen atoms in total. The highest BCUT2D eigenvalue weighted by molar-refractivity contribution is 7.91. The van der Waals surface area contributed by atoms with Crippen LogP contribution in [-0.4, -0.2) is 251 Å². The molecular weight excluding hydrogens is 1990 g/mol. The van der Waals surface area contributed by atoms with E-state index in [1.54, 1.807) is 96.9 Å². The van der Waals surface area contributed by atoms with Crippen LogP contribution in [0.2, 0.25) is 0 Å². The second-order valence-electron chi connectivity index (χ2n) is 44.8. The molecule has 0 saturated heterocycles. The zero-order valence-electron chi connectivity index (χ0n) is 89.2. The number of likely N-dealkylation sites (N-methyl/N-ethyl adjacent to an activating group) is 1. The molecule has 43 heteroatoms. The maximum absolute atomic E-state index is 14.5. The fourth-order valence-corrected chi connectivity index (χ4v) is 26.7. The molecule has 4 saturated carbocycles. The molecule has 3 aromatic rings. The smallest absolute Gasteiger partial charge is 0.312 e. The van der Waals surface area contributed by atoms with Gasteiger partial charge in [0.15, 0.2) is 0 Å². The summed E-state index contributed by atoms with van der Waals surface area (Å²) >= 11 is 0. The van der Waals surface area contributed by atoms with Gasteiger partial charge in [0.2, 0.25) is 17.7 Å². The third-order valence-electron chi connectivity index (χ3n) is 29.2. The van der Waals surface area contributed by atoms with E-state index in [1.807, 2.05) is 19.0 Å². The molecule has 0 aromatic heterocycles. The van der Waals surface area contributed by atoms with E-state index in [-0.39, 0.29) is 209 Å². The van der Waals surface area contributed by atoms with Crippen molar-refractivity contribution in [1.82, 2.24) is 17.8 Å². The molecule has 3 aromatic carbocycles. The van der Waals surface area contributed by atoms with Crippen LogP contribution in [0.5, 0.6) is 0 Å². The van der Waals surface area contributed by atoms with Gasteiger partial charge >= 0.3 is 71.6 Å². The van der Waals surface area contributed by atoms with Crippen molar-refractivity contribution >= 4 is 137 Å². The second-order valence-corrected chi connectivity index (χ2v) is 50.1. The zero-order chi connectivity index (χ0) is 111. The van der Waals surface area contributed by atoms with E-state index < -0.39 is 193 Å². The molecule has 10 atom stereocenters. The number of hydrogen-bond donors (Lipinski definition) is 0. The first-order chi connectivity index (χ1) is 68.5. The highest BCUT2D eigenvalue weighted by Crippen LogP contribution is 2.61. The number of benzene rings is 3. The lowest BCUT2D eigenvalue weighted by Gasteiger charge is -2.42. The summed E-state index contributed by atoms with van der Waals surface area (Å²) in [6.07, 6.45) is 3.21. The van der Waals surface area contributed by atoms with Crippen molar-refractivity contribution in [2.75, 3.05) is 88.2 Å². The topological polar surface area (TPSA) is 533 Å². The number of esters is 12. The number of methoxy groups -OCH3 is 3. The fourth-order valence-electron chi connectivity index (χ4n) is 22.0. The Labute approximate surface area is 866 Å². The van der Waals surface area contributed by atoms with Gasteiger partial charge in [-0.2, -0.15) is 12.9 Å². The van der Waals surface area contributed by atoms with Gasteiger partial charge in [0.1, 0.15) is 73.1 Å². The quantitative estimate of drug-likeness (QED) is 0.0288. The number of imide groups is 3. The Kier molecular flexibility index (Phi) is 40.0. The zero-order valence-corrected chi connectivity index (χ0v) is 91.6. The number of rotatable bonds is 47. The number of sulfonamides is 3. The average molecular weight is 2140 g/mol. The standard InChI is InChI=1S/C45H66N2O14S.C37H51NO12S.C23H29NO10S/c1-41(2,38(52)60-24-23-58-35(49)18-14-17-34(48)47-36(50)30-15-12-13-16-33(30)62(47,55)56)26-44(7,39(53)57-11)28-45(8,27-42(3,4)37(51)59-22-21-46(9)10)40(54)61-32-25-29-19-20-31(32)43(29,5)6;1-34(2,21-37(7,33(44)47-8)22-35(3,4)32(43)50-26-20-23-16-17-25(26)36(23,5)6)31(42)49-19-18-48-29(40)15-11-14-28(39)38-30(41)24-12-9-10-13-27(24)51(38,45)46;1-15(21(28)32-4)14-23(2,3)22(29)34-13-12-33-19(26)11-7-10-18(25)24-20(27)16-8-5-6-9-17(16)35(24,30)31/h12-13,15-16,29,31-32H,14,17-28H2,1-11H3;9-10,12-13,23,25-26H,11,14-22H2,1-8H3;5-6,8-9,15H,7,10-14H2,1-4H3. The summed E-state index contributed by atoms with van der Waals surface area (Å²) in [7, 11) is -5.43. The molecule has 4 bridgehead atoms. The van der Waals surface area contributed by atoms with Crippen LogP contribution in [0.1, 0.15) is 291 Å². The number of ether oxygens (including phenoxy) is 12. The molecule has 7 aliphatic rings. The van der Waals surface area contributed by atoms with Crippen molar-refractivity contribution in [3.63, 3.8) is 0 Å². The summed E-state index contributed by atoms with van der Waals surface area (Å²) in [4.78, 5) is 232. The minimum absolute atomic E-state index is 0.00247. The van der Waals surface area contributed by atoms with Gasteiger partial charge in [-0.05, 0) is 259 Å². The number of hydrogen-bond acceptors (Lipinski definition) is 37. The molecule has 4 aliphatic carbocycles. The second kappa shape index (κ2) is 48.7. The van der Waals surface area contributed by atoms with Crippen molar-refractivity contribution in [2.24, 2.45) is 83.7 Å². The minimum atomic E-state index is -4.33. The normalized spacial score (nSPS) is 20.7. The van der Waals surface area contributed by atoms with Crippen molar-refractivity contribution in [2.45, 2.75) is 286 Å². The van der Waals surface area contributed by atoms with Crippen LogP contribution in [0, 0.1) is 83.7 Å². The van der Waals surface area contributed by atoms with E-state index in [0.717, 1.165) is 38.5 Å². The van der Waals surface area contributed by atoms with E-state index in [1.165, 1.54) is 94.1 Å². The first-order valence-electron chi connectivity index (χ1n) is 49.7. The van der Waals surface area contributed by atoms with Crippen LogP contribution >= 0.6 is 0 Å². The van der Waals surface area contributed by atoms with Crippen LogP contribution in [-0.2, 0) is 159 Å². The molecule has 4 fully saturated rings.